The maximum Gasteiger partial charge on any atom is 0.171 e. The number of hydrogen-bond acceptors (Lipinski definition) is 2. The second kappa shape index (κ2) is 7.70. The van der Waals surface area contributed by atoms with Crippen molar-refractivity contribution in [2.45, 2.75) is 13.0 Å². The van der Waals surface area contributed by atoms with Gasteiger partial charge >= 0.3 is 0 Å². The van der Waals surface area contributed by atoms with E-state index in [4.69, 9.17) is 17.0 Å². The predicted octanol–water partition coefficient (Wildman–Crippen LogP) is 3.72. The molecule has 0 bridgehead atoms. The van der Waals surface area contributed by atoms with Gasteiger partial charge in [0.2, 0.25) is 0 Å². The van der Waals surface area contributed by atoms with E-state index in [1.165, 1.54) is 6.07 Å². The number of anilines is 1. The summed E-state index contributed by atoms with van der Waals surface area (Å²) in [5.41, 5.74) is 0.120. The van der Waals surface area contributed by atoms with Gasteiger partial charge in [-0.2, -0.15) is 0 Å². The Hall–Kier alpha value is -2.21. The molecule has 0 saturated heterocycles. The van der Waals surface area contributed by atoms with Crippen LogP contribution in [0.1, 0.15) is 6.92 Å². The third-order valence-electron chi connectivity index (χ3n) is 2.80. The minimum absolute atomic E-state index is 0.0799. The number of hydrogen-bond donors (Lipinski definition) is 2. The first kappa shape index (κ1) is 16.2. The number of thiocarbonyl (C=S) groups is 1. The van der Waals surface area contributed by atoms with Crippen molar-refractivity contribution in [2.24, 2.45) is 0 Å². The minimum Gasteiger partial charge on any atom is -0.491 e. The SMILES string of the molecule is C[C@H](COc1ccccc1)NC(=S)Nc1ccc(F)cc1F. The first-order valence-electron chi connectivity index (χ1n) is 6.75. The van der Waals surface area contributed by atoms with Gasteiger partial charge in [-0.3, -0.25) is 0 Å². The molecule has 0 radical (unpaired) electrons. The normalized spacial score (nSPS) is 11.6. The molecule has 0 saturated carbocycles. The van der Waals surface area contributed by atoms with Crippen molar-refractivity contribution in [3.05, 3.63) is 60.2 Å². The summed E-state index contributed by atoms with van der Waals surface area (Å²) in [7, 11) is 0. The van der Waals surface area contributed by atoms with Gasteiger partial charge < -0.3 is 15.4 Å². The summed E-state index contributed by atoms with van der Waals surface area (Å²) in [5.74, 6) is -0.566. The fourth-order valence-electron chi connectivity index (χ4n) is 1.75. The lowest BCUT2D eigenvalue weighted by Gasteiger charge is -2.18. The standard InChI is InChI=1S/C16H16F2N2OS/c1-11(10-21-13-5-3-2-4-6-13)19-16(22)20-15-8-7-12(17)9-14(15)18/h2-9,11H,10H2,1H3,(H2,19,20,22)/t11-/m1/s1. The first-order chi connectivity index (χ1) is 10.5. The maximum absolute atomic E-state index is 13.5. The summed E-state index contributed by atoms with van der Waals surface area (Å²) in [6.07, 6.45) is 0. The van der Waals surface area contributed by atoms with E-state index >= 15 is 0 Å². The van der Waals surface area contributed by atoms with Crippen LogP contribution >= 0.6 is 12.2 Å². The Balaban J connectivity index is 1.81. The monoisotopic (exact) mass is 322 g/mol. The molecule has 6 heteroatoms. The molecule has 0 aromatic heterocycles. The van der Waals surface area contributed by atoms with Crippen molar-refractivity contribution in [1.29, 1.82) is 0 Å². The van der Waals surface area contributed by atoms with Crippen LogP contribution in [-0.2, 0) is 0 Å². The fraction of sp³-hybridized carbons (Fsp3) is 0.188. The Bertz CT molecular complexity index is 637. The summed E-state index contributed by atoms with van der Waals surface area (Å²) in [6.45, 7) is 2.29. The van der Waals surface area contributed by atoms with Gasteiger partial charge in [0.05, 0.1) is 11.7 Å². The Kier molecular flexibility index (Phi) is 5.66. The smallest absolute Gasteiger partial charge is 0.171 e. The third kappa shape index (κ3) is 4.96. The lowest BCUT2D eigenvalue weighted by molar-refractivity contribution is 0.287. The van der Waals surface area contributed by atoms with Crippen molar-refractivity contribution in [1.82, 2.24) is 5.32 Å². The highest BCUT2D eigenvalue weighted by Gasteiger charge is 2.08. The maximum atomic E-state index is 13.5. The Labute approximate surface area is 133 Å². The molecule has 22 heavy (non-hydrogen) atoms. The Morgan fingerprint density at radius 1 is 1.18 bits per heavy atom. The number of halogens is 2. The molecule has 0 fully saturated rings. The summed E-state index contributed by atoms with van der Waals surface area (Å²) in [5, 5.41) is 5.91. The molecule has 0 unspecified atom stereocenters. The minimum atomic E-state index is -0.697. The highest BCUT2D eigenvalue weighted by molar-refractivity contribution is 7.80. The molecule has 0 spiro atoms. The van der Waals surface area contributed by atoms with E-state index in [9.17, 15) is 8.78 Å². The molecule has 3 nitrogen and oxygen atoms in total. The van der Waals surface area contributed by atoms with Crippen molar-refractivity contribution in [2.75, 3.05) is 11.9 Å². The summed E-state index contributed by atoms with van der Waals surface area (Å²) >= 11 is 5.10. The number of benzene rings is 2. The number of nitrogens with one attached hydrogen (secondary N) is 2. The van der Waals surface area contributed by atoms with Gasteiger partial charge in [-0.25, -0.2) is 8.78 Å². The second-order valence-electron chi connectivity index (χ2n) is 4.75. The Morgan fingerprint density at radius 3 is 2.59 bits per heavy atom. The van der Waals surface area contributed by atoms with E-state index in [1.54, 1.807) is 0 Å². The van der Waals surface area contributed by atoms with Crippen molar-refractivity contribution in [3.8, 4) is 5.75 Å². The second-order valence-corrected chi connectivity index (χ2v) is 5.16. The summed E-state index contributed by atoms with van der Waals surface area (Å²) < 4.78 is 31.9. The lowest BCUT2D eigenvalue weighted by Crippen LogP contribution is -2.39. The van der Waals surface area contributed by atoms with Crippen molar-refractivity contribution >= 4 is 23.0 Å². The highest BCUT2D eigenvalue weighted by atomic mass is 32.1. The van der Waals surface area contributed by atoms with Crippen LogP contribution in [0.25, 0.3) is 0 Å². The number of ether oxygens (including phenoxy) is 1. The van der Waals surface area contributed by atoms with E-state index in [-0.39, 0.29) is 16.8 Å². The van der Waals surface area contributed by atoms with Crippen LogP contribution in [0.5, 0.6) is 5.75 Å². The molecule has 0 aliphatic heterocycles. The van der Waals surface area contributed by atoms with E-state index in [0.717, 1.165) is 17.9 Å². The molecule has 2 N–H and O–H groups in total. The molecular formula is C16H16F2N2OS. The van der Waals surface area contributed by atoms with Crippen molar-refractivity contribution in [3.63, 3.8) is 0 Å². The van der Waals surface area contributed by atoms with Crippen molar-refractivity contribution < 1.29 is 13.5 Å². The molecule has 0 heterocycles. The van der Waals surface area contributed by atoms with Gasteiger partial charge in [0.25, 0.3) is 0 Å². The van der Waals surface area contributed by atoms with Crippen LogP contribution in [0, 0.1) is 11.6 Å². The van der Waals surface area contributed by atoms with Crippen LogP contribution in [0.4, 0.5) is 14.5 Å². The molecule has 2 aromatic carbocycles. The molecule has 0 aliphatic rings. The van der Waals surface area contributed by atoms with Gasteiger partial charge in [0.1, 0.15) is 24.0 Å². The zero-order valence-electron chi connectivity index (χ0n) is 12.0. The summed E-state index contributed by atoms with van der Waals surface area (Å²) in [4.78, 5) is 0. The molecule has 1 atom stereocenters. The molecule has 0 amide bonds. The van der Waals surface area contributed by atoms with E-state index in [0.29, 0.717) is 6.61 Å². The van der Waals surface area contributed by atoms with Gasteiger partial charge in [-0.05, 0) is 43.4 Å². The first-order valence-corrected chi connectivity index (χ1v) is 7.16. The molecule has 0 aliphatic carbocycles. The van der Waals surface area contributed by atoms with Crippen LogP contribution in [0.2, 0.25) is 0 Å². The topological polar surface area (TPSA) is 33.3 Å². The van der Waals surface area contributed by atoms with Crippen LogP contribution in [-0.4, -0.2) is 17.8 Å². The molecule has 116 valence electrons. The molecule has 2 rings (SSSR count). The predicted molar refractivity (Wildman–Crippen MR) is 87.1 cm³/mol. The van der Waals surface area contributed by atoms with E-state index in [1.807, 2.05) is 37.3 Å². The zero-order chi connectivity index (χ0) is 15.9. The van der Waals surface area contributed by atoms with Gasteiger partial charge in [0, 0.05) is 6.07 Å². The van der Waals surface area contributed by atoms with E-state index < -0.39 is 11.6 Å². The van der Waals surface area contributed by atoms with Crippen LogP contribution in [0.15, 0.2) is 48.5 Å². The fourth-order valence-corrected chi connectivity index (χ4v) is 2.06. The zero-order valence-corrected chi connectivity index (χ0v) is 12.8. The lowest BCUT2D eigenvalue weighted by atomic mass is 10.3. The van der Waals surface area contributed by atoms with Gasteiger partial charge in [0.15, 0.2) is 5.11 Å². The highest BCUT2D eigenvalue weighted by Crippen LogP contribution is 2.14. The summed E-state index contributed by atoms with van der Waals surface area (Å²) in [6, 6.07) is 12.6. The molecular weight excluding hydrogens is 306 g/mol. The largest absolute Gasteiger partial charge is 0.491 e. The van der Waals surface area contributed by atoms with Gasteiger partial charge in [-0.15, -0.1) is 0 Å². The molecule has 2 aromatic rings. The Morgan fingerprint density at radius 2 is 1.91 bits per heavy atom. The van der Waals surface area contributed by atoms with Gasteiger partial charge in [-0.1, -0.05) is 18.2 Å². The number of rotatable bonds is 5. The average Bonchev–Trinajstić information content (AvgIpc) is 2.49. The average molecular weight is 322 g/mol. The number of para-hydroxylation sites is 1. The third-order valence-corrected chi connectivity index (χ3v) is 3.02. The van der Waals surface area contributed by atoms with Crippen LogP contribution < -0.4 is 15.4 Å². The quantitative estimate of drug-likeness (QED) is 0.822. The van der Waals surface area contributed by atoms with Crippen LogP contribution in [0.3, 0.4) is 0 Å². The van der Waals surface area contributed by atoms with E-state index in [2.05, 4.69) is 10.6 Å².